The smallest absolute Gasteiger partial charge is 0.232 e. The number of hydrogen-bond acceptors (Lipinski definition) is 6. The highest BCUT2D eigenvalue weighted by Gasteiger charge is 2.24. The Morgan fingerprint density at radius 2 is 1.72 bits per heavy atom. The second-order valence-electron chi connectivity index (χ2n) is 7.06. The summed E-state index contributed by atoms with van der Waals surface area (Å²) in [7, 11) is 1.79. The van der Waals surface area contributed by atoms with Gasteiger partial charge >= 0.3 is 0 Å². The number of nitrogens with one attached hydrogen (secondary N) is 2. The summed E-state index contributed by atoms with van der Waals surface area (Å²) in [5.74, 6) is 3.78. The third-order valence-electron chi connectivity index (χ3n) is 4.68. The molecule has 0 radical (unpaired) electrons. The van der Waals surface area contributed by atoms with E-state index in [1.165, 1.54) is 6.42 Å². The van der Waals surface area contributed by atoms with Gasteiger partial charge in [-0.15, -0.1) is 0 Å². The third kappa shape index (κ3) is 4.70. The topological polar surface area (TPSA) is 65.6 Å². The van der Waals surface area contributed by atoms with Gasteiger partial charge in [-0.3, -0.25) is 0 Å². The van der Waals surface area contributed by atoms with Crippen molar-refractivity contribution in [3.05, 3.63) is 6.07 Å². The van der Waals surface area contributed by atoms with E-state index in [1.54, 1.807) is 7.05 Å². The van der Waals surface area contributed by atoms with Crippen LogP contribution in [0, 0.1) is 11.8 Å². The summed E-state index contributed by atoms with van der Waals surface area (Å²) in [4.78, 5) is 14.0. The molecule has 8 heteroatoms. The van der Waals surface area contributed by atoms with Crippen molar-refractivity contribution < 1.29 is 4.74 Å². The highest BCUT2D eigenvalue weighted by Crippen LogP contribution is 2.28. The van der Waals surface area contributed by atoms with Crippen LogP contribution in [0.2, 0.25) is 0 Å². The zero-order valence-corrected chi connectivity index (χ0v) is 16.1. The maximum absolute atomic E-state index is 5.47. The van der Waals surface area contributed by atoms with E-state index in [4.69, 9.17) is 21.9 Å². The van der Waals surface area contributed by atoms with Gasteiger partial charge in [0.25, 0.3) is 0 Å². The van der Waals surface area contributed by atoms with Gasteiger partial charge < -0.3 is 25.2 Å². The fourth-order valence-corrected chi connectivity index (χ4v) is 3.70. The molecule has 1 aromatic rings. The van der Waals surface area contributed by atoms with Crippen LogP contribution < -0.4 is 20.4 Å². The number of nitrogens with zero attached hydrogens (tertiary/aromatic N) is 4. The van der Waals surface area contributed by atoms with Crippen LogP contribution in [0.15, 0.2) is 6.07 Å². The van der Waals surface area contributed by atoms with Crippen molar-refractivity contribution >= 4 is 34.9 Å². The van der Waals surface area contributed by atoms with E-state index < -0.39 is 0 Å². The largest absolute Gasteiger partial charge is 0.378 e. The number of rotatable bonds is 3. The molecule has 0 aliphatic carbocycles. The van der Waals surface area contributed by atoms with Gasteiger partial charge in [-0.2, -0.15) is 9.97 Å². The average Bonchev–Trinajstić information content (AvgIpc) is 2.61. The zero-order chi connectivity index (χ0) is 17.8. The van der Waals surface area contributed by atoms with Crippen LogP contribution in [0.3, 0.4) is 0 Å². The summed E-state index contributed by atoms with van der Waals surface area (Å²) in [6, 6.07) is 2.10. The average molecular weight is 365 g/mol. The van der Waals surface area contributed by atoms with Crippen LogP contribution in [-0.4, -0.2) is 61.5 Å². The first-order valence-corrected chi connectivity index (χ1v) is 9.41. The lowest BCUT2D eigenvalue weighted by molar-refractivity contribution is 0.122. The standard InChI is InChI=1S/C17H28N6OS/c1-12-8-13(2)11-23(10-12)15-9-14(22-4-6-24-7-5-22)19-16(20-15)21-17(25)18-3/h9,12-13H,4-8,10-11H2,1-3H3,(H2,18,19,20,21,25)/t12-,13-/m0/s1. The Labute approximate surface area is 155 Å². The lowest BCUT2D eigenvalue weighted by Crippen LogP contribution is -2.40. The minimum absolute atomic E-state index is 0.519. The Morgan fingerprint density at radius 1 is 1.12 bits per heavy atom. The molecule has 2 aliphatic heterocycles. The minimum Gasteiger partial charge on any atom is -0.378 e. The quantitative estimate of drug-likeness (QED) is 0.786. The Bertz CT molecular complexity index is 597. The van der Waals surface area contributed by atoms with Crippen LogP contribution in [0.5, 0.6) is 0 Å². The van der Waals surface area contributed by atoms with Crippen molar-refractivity contribution in [3.63, 3.8) is 0 Å². The van der Waals surface area contributed by atoms with Crippen LogP contribution in [0.25, 0.3) is 0 Å². The normalized spacial score (nSPS) is 24.1. The van der Waals surface area contributed by atoms with Crippen molar-refractivity contribution in [2.75, 3.05) is 61.6 Å². The van der Waals surface area contributed by atoms with Crippen LogP contribution in [0.1, 0.15) is 20.3 Å². The van der Waals surface area contributed by atoms with E-state index in [0.29, 0.717) is 22.9 Å². The molecule has 0 amide bonds. The Kier molecular flexibility index (Phi) is 5.90. The number of ether oxygens (including phenoxy) is 1. The number of piperidine rings is 1. The molecular weight excluding hydrogens is 336 g/mol. The van der Waals surface area contributed by atoms with Crippen LogP contribution in [-0.2, 0) is 4.74 Å². The summed E-state index contributed by atoms with van der Waals surface area (Å²) in [5, 5.41) is 6.52. The highest BCUT2D eigenvalue weighted by atomic mass is 32.1. The molecular formula is C17H28N6OS. The fraction of sp³-hybridized carbons (Fsp3) is 0.706. The first kappa shape index (κ1) is 18.1. The van der Waals surface area contributed by atoms with Crippen LogP contribution in [0.4, 0.5) is 17.6 Å². The number of aromatic nitrogens is 2. The number of thiocarbonyl (C=S) groups is 1. The molecule has 2 N–H and O–H groups in total. The Balaban J connectivity index is 1.89. The molecule has 2 fully saturated rings. The minimum atomic E-state index is 0.519. The van der Waals surface area contributed by atoms with Gasteiger partial charge in [-0.25, -0.2) is 0 Å². The molecule has 0 unspecified atom stereocenters. The summed E-state index contributed by atoms with van der Waals surface area (Å²) >= 11 is 5.22. The summed E-state index contributed by atoms with van der Waals surface area (Å²) in [6.45, 7) is 9.83. The third-order valence-corrected chi connectivity index (χ3v) is 4.99. The molecule has 3 heterocycles. The lowest BCUT2D eigenvalue weighted by Gasteiger charge is -2.36. The van der Waals surface area contributed by atoms with Gasteiger partial charge in [0.15, 0.2) is 5.11 Å². The molecule has 2 atom stereocenters. The van der Waals surface area contributed by atoms with Gasteiger partial charge in [0.05, 0.1) is 13.2 Å². The second-order valence-corrected chi connectivity index (χ2v) is 7.47. The van der Waals surface area contributed by atoms with Gasteiger partial charge in [0.2, 0.25) is 5.95 Å². The van der Waals surface area contributed by atoms with E-state index in [0.717, 1.165) is 51.0 Å². The summed E-state index contributed by atoms with van der Waals surface area (Å²) < 4.78 is 5.47. The summed E-state index contributed by atoms with van der Waals surface area (Å²) in [5.41, 5.74) is 0. The van der Waals surface area contributed by atoms with Gasteiger partial charge in [0, 0.05) is 39.3 Å². The van der Waals surface area contributed by atoms with E-state index >= 15 is 0 Å². The molecule has 138 valence electrons. The maximum atomic E-state index is 5.47. The SMILES string of the molecule is CNC(=S)Nc1nc(N2CCOCC2)cc(N2C[C@@H](C)C[C@H](C)C2)n1. The van der Waals surface area contributed by atoms with Crippen molar-refractivity contribution in [1.82, 2.24) is 15.3 Å². The number of morpholine rings is 1. The van der Waals surface area contributed by atoms with Crippen LogP contribution >= 0.6 is 12.2 Å². The van der Waals surface area contributed by atoms with Crippen molar-refractivity contribution in [2.45, 2.75) is 20.3 Å². The zero-order valence-electron chi connectivity index (χ0n) is 15.3. The molecule has 0 saturated carbocycles. The molecule has 1 aromatic heterocycles. The molecule has 2 aliphatic rings. The fourth-order valence-electron chi connectivity index (χ4n) is 3.61. The second kappa shape index (κ2) is 8.14. The van der Waals surface area contributed by atoms with Crippen molar-refractivity contribution in [1.29, 1.82) is 0 Å². The number of anilines is 3. The Hall–Kier alpha value is -1.67. The van der Waals surface area contributed by atoms with E-state index in [9.17, 15) is 0 Å². The molecule has 3 rings (SSSR count). The first-order valence-electron chi connectivity index (χ1n) is 9.00. The predicted molar refractivity (Wildman–Crippen MR) is 106 cm³/mol. The Morgan fingerprint density at radius 3 is 2.32 bits per heavy atom. The van der Waals surface area contributed by atoms with E-state index in [-0.39, 0.29) is 0 Å². The van der Waals surface area contributed by atoms with Crippen molar-refractivity contribution in [3.8, 4) is 0 Å². The first-order chi connectivity index (χ1) is 12.0. The predicted octanol–water partition coefficient (Wildman–Crippen LogP) is 1.71. The van der Waals surface area contributed by atoms with Gasteiger partial charge in [-0.1, -0.05) is 13.8 Å². The van der Waals surface area contributed by atoms with Crippen molar-refractivity contribution in [2.24, 2.45) is 11.8 Å². The molecule has 0 aromatic carbocycles. The number of hydrogen-bond donors (Lipinski definition) is 2. The molecule has 0 bridgehead atoms. The van der Waals surface area contributed by atoms with Gasteiger partial charge in [0.1, 0.15) is 11.6 Å². The summed E-state index contributed by atoms with van der Waals surface area (Å²) in [6.07, 6.45) is 1.27. The maximum Gasteiger partial charge on any atom is 0.232 e. The lowest BCUT2D eigenvalue weighted by atomic mass is 9.92. The molecule has 25 heavy (non-hydrogen) atoms. The molecule has 0 spiro atoms. The monoisotopic (exact) mass is 364 g/mol. The van der Waals surface area contributed by atoms with Gasteiger partial charge in [-0.05, 0) is 30.5 Å². The molecule has 7 nitrogen and oxygen atoms in total. The van der Waals surface area contributed by atoms with E-state index in [1.807, 2.05) is 0 Å². The molecule has 2 saturated heterocycles. The van der Waals surface area contributed by atoms with E-state index in [2.05, 4.69) is 45.3 Å². The highest BCUT2D eigenvalue weighted by molar-refractivity contribution is 7.80.